The van der Waals surface area contributed by atoms with Crippen LogP contribution in [0.1, 0.15) is 48.4 Å². The van der Waals surface area contributed by atoms with E-state index in [0.717, 1.165) is 35.1 Å². The molecule has 35 heavy (non-hydrogen) atoms. The molecule has 0 spiro atoms. The number of unbranched alkanes of at least 4 members (excludes halogenated alkanes) is 1. The molecule has 0 fully saturated rings. The zero-order valence-electron chi connectivity index (χ0n) is 20.7. The first kappa shape index (κ1) is 26.5. The highest BCUT2D eigenvalue weighted by Crippen LogP contribution is 2.21. The van der Waals surface area contributed by atoms with Crippen LogP contribution in [0.4, 0.5) is 0 Å². The summed E-state index contributed by atoms with van der Waals surface area (Å²) < 4.78 is 0. The molecule has 0 aliphatic heterocycles. The van der Waals surface area contributed by atoms with Crippen molar-refractivity contribution in [3.05, 3.63) is 106 Å². The molecule has 3 aromatic rings. The number of aryl methyl sites for hydroxylation is 2. The number of amides is 2. The number of nitrogens with one attached hydrogen (secondary N) is 1. The van der Waals surface area contributed by atoms with Gasteiger partial charge in [0.25, 0.3) is 0 Å². The lowest BCUT2D eigenvalue weighted by Crippen LogP contribution is -2.50. The topological polar surface area (TPSA) is 49.4 Å². The number of benzene rings is 3. The predicted molar refractivity (Wildman–Crippen MR) is 143 cm³/mol. The van der Waals surface area contributed by atoms with Crippen LogP contribution in [0, 0.1) is 6.92 Å². The minimum atomic E-state index is -0.604. The SMILES string of the molecule is CCCCNC(=O)[C@H](Cc1ccccc1)N(Cc1ccccc1C)C(=O)CCc1ccccc1Cl. The first-order chi connectivity index (χ1) is 17.0. The Balaban J connectivity index is 1.90. The maximum absolute atomic E-state index is 13.7. The van der Waals surface area contributed by atoms with E-state index in [2.05, 4.69) is 12.2 Å². The van der Waals surface area contributed by atoms with Gasteiger partial charge in [-0.2, -0.15) is 0 Å². The van der Waals surface area contributed by atoms with Crippen LogP contribution >= 0.6 is 11.6 Å². The fraction of sp³-hybridized carbons (Fsp3) is 0.333. The summed E-state index contributed by atoms with van der Waals surface area (Å²) in [4.78, 5) is 28.9. The van der Waals surface area contributed by atoms with Gasteiger partial charge in [0, 0.05) is 31.0 Å². The van der Waals surface area contributed by atoms with Crippen molar-refractivity contribution in [2.45, 2.75) is 58.5 Å². The van der Waals surface area contributed by atoms with Gasteiger partial charge < -0.3 is 10.2 Å². The number of rotatable bonds is 12. The normalized spacial score (nSPS) is 11.6. The molecule has 3 aromatic carbocycles. The summed E-state index contributed by atoms with van der Waals surface area (Å²) >= 11 is 6.34. The lowest BCUT2D eigenvalue weighted by molar-refractivity contribution is -0.141. The van der Waals surface area contributed by atoms with Crippen molar-refractivity contribution in [3.8, 4) is 0 Å². The average molecular weight is 491 g/mol. The van der Waals surface area contributed by atoms with Crippen LogP contribution in [0.15, 0.2) is 78.9 Å². The molecule has 0 aliphatic carbocycles. The first-order valence-corrected chi connectivity index (χ1v) is 12.8. The molecule has 0 bridgehead atoms. The highest BCUT2D eigenvalue weighted by molar-refractivity contribution is 6.31. The van der Waals surface area contributed by atoms with E-state index in [4.69, 9.17) is 11.6 Å². The van der Waals surface area contributed by atoms with Crippen molar-refractivity contribution in [1.82, 2.24) is 10.2 Å². The number of nitrogens with zero attached hydrogens (tertiary/aromatic N) is 1. The van der Waals surface area contributed by atoms with Crippen LogP contribution in [0.25, 0.3) is 0 Å². The van der Waals surface area contributed by atoms with Crippen molar-refractivity contribution < 1.29 is 9.59 Å². The Morgan fingerprint density at radius 3 is 2.26 bits per heavy atom. The molecule has 1 N–H and O–H groups in total. The maximum atomic E-state index is 13.7. The van der Waals surface area contributed by atoms with Gasteiger partial charge in [-0.3, -0.25) is 9.59 Å². The van der Waals surface area contributed by atoms with Gasteiger partial charge >= 0.3 is 0 Å². The van der Waals surface area contributed by atoms with Gasteiger partial charge in [0.2, 0.25) is 11.8 Å². The third-order valence-electron chi connectivity index (χ3n) is 6.27. The lowest BCUT2D eigenvalue weighted by Gasteiger charge is -2.32. The number of hydrogen-bond acceptors (Lipinski definition) is 2. The fourth-order valence-corrected chi connectivity index (χ4v) is 4.35. The van der Waals surface area contributed by atoms with Gasteiger partial charge in [0.15, 0.2) is 0 Å². The zero-order chi connectivity index (χ0) is 25.0. The van der Waals surface area contributed by atoms with E-state index in [0.29, 0.717) is 31.0 Å². The van der Waals surface area contributed by atoms with Gasteiger partial charge in [0.1, 0.15) is 6.04 Å². The summed E-state index contributed by atoms with van der Waals surface area (Å²) in [6.07, 6.45) is 3.17. The third-order valence-corrected chi connectivity index (χ3v) is 6.64. The van der Waals surface area contributed by atoms with Crippen LogP contribution in [0.3, 0.4) is 0 Å². The molecule has 0 saturated carbocycles. The Labute approximate surface area is 214 Å². The van der Waals surface area contributed by atoms with E-state index in [1.54, 1.807) is 4.90 Å². The van der Waals surface area contributed by atoms with E-state index in [9.17, 15) is 9.59 Å². The summed E-state index contributed by atoms with van der Waals surface area (Å²) in [7, 11) is 0. The first-order valence-electron chi connectivity index (χ1n) is 12.4. The molecule has 2 amide bonds. The van der Waals surface area contributed by atoms with E-state index in [1.165, 1.54) is 0 Å². The number of hydrogen-bond donors (Lipinski definition) is 1. The highest BCUT2D eigenvalue weighted by atomic mass is 35.5. The Morgan fingerprint density at radius 2 is 1.57 bits per heavy atom. The number of carbonyl (C=O) groups is 2. The zero-order valence-corrected chi connectivity index (χ0v) is 21.4. The van der Waals surface area contributed by atoms with Crippen LogP contribution in [-0.2, 0) is 29.0 Å². The largest absolute Gasteiger partial charge is 0.354 e. The minimum absolute atomic E-state index is 0.0558. The predicted octanol–water partition coefficient (Wildman–Crippen LogP) is 6.14. The molecule has 0 heterocycles. The average Bonchev–Trinajstić information content (AvgIpc) is 2.87. The van der Waals surface area contributed by atoms with Crippen molar-refractivity contribution in [3.63, 3.8) is 0 Å². The summed E-state index contributed by atoms with van der Waals surface area (Å²) in [6.45, 7) is 5.12. The third kappa shape index (κ3) is 7.97. The Morgan fingerprint density at radius 1 is 0.914 bits per heavy atom. The molecule has 3 rings (SSSR count). The second-order valence-electron chi connectivity index (χ2n) is 8.89. The van der Waals surface area contributed by atoms with Crippen LogP contribution in [-0.4, -0.2) is 29.3 Å². The van der Waals surface area contributed by atoms with Crippen LogP contribution < -0.4 is 5.32 Å². The molecular weight excluding hydrogens is 456 g/mol. The molecular formula is C30H35ClN2O2. The second kappa shape index (κ2) is 13.7. The fourth-order valence-electron chi connectivity index (χ4n) is 4.12. The summed E-state index contributed by atoms with van der Waals surface area (Å²) in [6, 6.07) is 24.9. The summed E-state index contributed by atoms with van der Waals surface area (Å²) in [5.74, 6) is -0.165. The molecule has 0 saturated heterocycles. The number of carbonyl (C=O) groups excluding carboxylic acids is 2. The van der Waals surface area contributed by atoms with Crippen molar-refractivity contribution in [2.75, 3.05) is 6.54 Å². The smallest absolute Gasteiger partial charge is 0.243 e. The summed E-state index contributed by atoms with van der Waals surface area (Å²) in [5, 5.41) is 3.73. The van der Waals surface area contributed by atoms with Crippen LogP contribution in [0.2, 0.25) is 5.02 Å². The quantitative estimate of drug-likeness (QED) is 0.310. The Kier molecular flexibility index (Phi) is 10.4. The molecule has 184 valence electrons. The van der Waals surface area contributed by atoms with Gasteiger partial charge in [0.05, 0.1) is 0 Å². The van der Waals surface area contributed by atoms with Crippen molar-refractivity contribution in [1.29, 1.82) is 0 Å². The number of halogens is 1. The molecule has 0 radical (unpaired) electrons. The Hall–Kier alpha value is -3.11. The molecule has 5 heteroatoms. The molecule has 0 aromatic heterocycles. The maximum Gasteiger partial charge on any atom is 0.243 e. The van der Waals surface area contributed by atoms with Crippen molar-refractivity contribution in [2.24, 2.45) is 0 Å². The Bertz CT molecular complexity index is 1100. The van der Waals surface area contributed by atoms with E-state index >= 15 is 0 Å². The highest BCUT2D eigenvalue weighted by Gasteiger charge is 2.30. The second-order valence-corrected chi connectivity index (χ2v) is 9.30. The standard InChI is InChI=1S/C30H35ClN2O2/c1-3-4-20-32-30(35)28(21-24-13-6-5-7-14-24)33(22-26-16-9-8-12-23(26)2)29(34)19-18-25-15-10-11-17-27(25)31/h5-17,28H,3-4,18-22H2,1-2H3,(H,32,35)/t28-/m0/s1. The molecule has 0 aliphatic rings. The lowest BCUT2D eigenvalue weighted by atomic mass is 10.0. The summed E-state index contributed by atoms with van der Waals surface area (Å²) in [5.41, 5.74) is 4.10. The molecule has 0 unspecified atom stereocenters. The van der Waals surface area contributed by atoms with Gasteiger partial charge in [-0.25, -0.2) is 0 Å². The molecule has 1 atom stereocenters. The van der Waals surface area contributed by atoms with Crippen LogP contribution in [0.5, 0.6) is 0 Å². The van der Waals surface area contributed by atoms with Gasteiger partial charge in [-0.15, -0.1) is 0 Å². The van der Waals surface area contributed by atoms with Gasteiger partial charge in [-0.05, 0) is 48.1 Å². The van der Waals surface area contributed by atoms with E-state index in [-0.39, 0.29) is 18.2 Å². The van der Waals surface area contributed by atoms with E-state index < -0.39 is 6.04 Å². The van der Waals surface area contributed by atoms with Gasteiger partial charge in [-0.1, -0.05) is 97.7 Å². The monoisotopic (exact) mass is 490 g/mol. The van der Waals surface area contributed by atoms with Crippen molar-refractivity contribution >= 4 is 23.4 Å². The molecule has 4 nitrogen and oxygen atoms in total. The minimum Gasteiger partial charge on any atom is -0.354 e. The van der Waals surface area contributed by atoms with E-state index in [1.807, 2.05) is 85.8 Å².